The molecule has 0 saturated heterocycles. The minimum Gasteiger partial charge on any atom is -0.480 e. The van der Waals surface area contributed by atoms with Crippen LogP contribution < -0.4 is 20.7 Å². The molecule has 11 nitrogen and oxygen atoms in total. The first-order valence-electron chi connectivity index (χ1n) is 12.4. The summed E-state index contributed by atoms with van der Waals surface area (Å²) in [6, 6.07) is 12.3. The third-order valence-electron chi connectivity index (χ3n) is 5.56. The van der Waals surface area contributed by atoms with Crippen molar-refractivity contribution in [1.29, 1.82) is 5.41 Å². The summed E-state index contributed by atoms with van der Waals surface area (Å²) in [5, 5.41) is 25.5. The molecule has 6 N–H and O–H groups in total. The SMILES string of the molecule is CCCCCCNC(=N)c1ccc(C(=O)NCCC(=O)NC[C@H](NS(=O)(=O)c2ccccc2)C(=O)O)cc1. The van der Waals surface area contributed by atoms with Gasteiger partial charge in [0.15, 0.2) is 0 Å². The minimum atomic E-state index is -4.08. The summed E-state index contributed by atoms with van der Waals surface area (Å²) in [7, 11) is -4.08. The molecule has 0 aromatic heterocycles. The molecular weight excluding hydrogens is 510 g/mol. The minimum absolute atomic E-state index is 0.00493. The van der Waals surface area contributed by atoms with Crippen LogP contribution >= 0.6 is 0 Å². The molecule has 1 atom stereocenters. The Balaban J connectivity index is 1.75. The Kier molecular flexibility index (Phi) is 12.4. The number of amidine groups is 1. The molecule has 12 heteroatoms. The third-order valence-corrected chi connectivity index (χ3v) is 7.05. The third kappa shape index (κ3) is 10.3. The van der Waals surface area contributed by atoms with Gasteiger partial charge in [0.1, 0.15) is 11.9 Å². The molecular formula is C26H35N5O6S. The van der Waals surface area contributed by atoms with Gasteiger partial charge in [-0.1, -0.05) is 56.5 Å². The number of unbranched alkanes of at least 4 members (excludes halogenated alkanes) is 3. The number of carbonyl (C=O) groups excluding carboxylic acids is 2. The second-order valence-corrected chi connectivity index (χ2v) is 10.3. The zero-order valence-electron chi connectivity index (χ0n) is 21.3. The normalized spacial score (nSPS) is 11.8. The van der Waals surface area contributed by atoms with E-state index in [1.54, 1.807) is 30.3 Å². The van der Waals surface area contributed by atoms with Gasteiger partial charge in [-0.25, -0.2) is 8.42 Å². The number of nitrogens with one attached hydrogen (secondary N) is 5. The van der Waals surface area contributed by atoms with Crippen LogP contribution in [0.3, 0.4) is 0 Å². The molecule has 2 rings (SSSR count). The van der Waals surface area contributed by atoms with Crippen LogP contribution in [-0.2, 0) is 19.6 Å². The monoisotopic (exact) mass is 545 g/mol. The molecule has 38 heavy (non-hydrogen) atoms. The van der Waals surface area contributed by atoms with Gasteiger partial charge in [0.25, 0.3) is 5.91 Å². The van der Waals surface area contributed by atoms with Crippen molar-refractivity contribution in [1.82, 2.24) is 20.7 Å². The molecule has 0 aliphatic rings. The van der Waals surface area contributed by atoms with Gasteiger partial charge in [-0.15, -0.1) is 0 Å². The standard InChI is InChI=1S/C26H35N5O6S/c1-2-3-4-8-16-28-24(27)19-11-13-20(14-12-19)25(33)29-17-15-23(32)30-18-22(26(34)35)31-38(36,37)21-9-6-5-7-10-21/h5-7,9-14,22,31H,2-4,8,15-18H2,1H3,(H2,27,28)(H,29,33)(H,30,32)(H,34,35)/t22-/m0/s1. The Morgan fingerprint density at radius 1 is 0.868 bits per heavy atom. The quantitative estimate of drug-likeness (QED) is 0.106. The van der Waals surface area contributed by atoms with Crippen molar-refractivity contribution in [2.75, 3.05) is 19.6 Å². The molecule has 0 spiro atoms. The number of sulfonamides is 1. The second kappa shape index (κ2) is 15.5. The van der Waals surface area contributed by atoms with Crippen molar-refractivity contribution in [2.45, 2.75) is 50.0 Å². The van der Waals surface area contributed by atoms with Crippen LogP contribution in [-0.4, -0.2) is 62.8 Å². The second-order valence-electron chi connectivity index (χ2n) is 8.57. The summed E-state index contributed by atoms with van der Waals surface area (Å²) < 4.78 is 26.8. The van der Waals surface area contributed by atoms with E-state index in [0.29, 0.717) is 11.1 Å². The highest BCUT2D eigenvalue weighted by atomic mass is 32.2. The van der Waals surface area contributed by atoms with Crippen molar-refractivity contribution in [3.8, 4) is 0 Å². The molecule has 206 valence electrons. The lowest BCUT2D eigenvalue weighted by atomic mass is 10.1. The maximum absolute atomic E-state index is 12.4. The highest BCUT2D eigenvalue weighted by Crippen LogP contribution is 2.08. The number of aliphatic carboxylic acids is 1. The van der Waals surface area contributed by atoms with Crippen LogP contribution in [0.1, 0.15) is 54.9 Å². The number of carboxylic acids is 1. The van der Waals surface area contributed by atoms with E-state index >= 15 is 0 Å². The fraction of sp³-hybridized carbons (Fsp3) is 0.385. The predicted molar refractivity (Wildman–Crippen MR) is 144 cm³/mol. The Hall–Kier alpha value is -3.77. The van der Waals surface area contributed by atoms with Crippen LogP contribution in [0, 0.1) is 5.41 Å². The fourth-order valence-electron chi connectivity index (χ4n) is 3.39. The van der Waals surface area contributed by atoms with Gasteiger partial charge in [-0.2, -0.15) is 4.72 Å². The molecule has 0 heterocycles. The lowest BCUT2D eigenvalue weighted by Gasteiger charge is -2.15. The van der Waals surface area contributed by atoms with E-state index in [-0.39, 0.29) is 23.7 Å². The van der Waals surface area contributed by atoms with E-state index in [0.717, 1.165) is 25.8 Å². The maximum Gasteiger partial charge on any atom is 0.323 e. The van der Waals surface area contributed by atoms with E-state index in [9.17, 15) is 27.9 Å². The molecule has 2 amide bonds. The topological polar surface area (TPSA) is 178 Å². The molecule has 0 radical (unpaired) electrons. The van der Waals surface area contributed by atoms with E-state index in [4.69, 9.17) is 5.41 Å². The number of carboxylic acid groups (broad SMARTS) is 1. The van der Waals surface area contributed by atoms with Crippen LogP contribution in [0.4, 0.5) is 0 Å². The number of hydrogen-bond donors (Lipinski definition) is 6. The Bertz CT molecular complexity index is 1190. The number of benzene rings is 2. The molecule has 2 aromatic carbocycles. The van der Waals surface area contributed by atoms with Gasteiger partial charge in [0, 0.05) is 37.2 Å². The number of rotatable bonds is 16. The summed E-state index contributed by atoms with van der Waals surface area (Å²) in [5.74, 6) is -2.11. The van der Waals surface area contributed by atoms with Gasteiger partial charge >= 0.3 is 5.97 Å². The number of amides is 2. The lowest BCUT2D eigenvalue weighted by molar-refractivity contribution is -0.138. The van der Waals surface area contributed by atoms with E-state index in [1.165, 1.54) is 30.7 Å². The Morgan fingerprint density at radius 3 is 2.16 bits per heavy atom. The first-order valence-corrected chi connectivity index (χ1v) is 13.9. The summed E-state index contributed by atoms with van der Waals surface area (Å²) in [5.41, 5.74) is 1.03. The average Bonchev–Trinajstić information content (AvgIpc) is 2.91. The Morgan fingerprint density at radius 2 is 1.53 bits per heavy atom. The molecule has 0 saturated carbocycles. The predicted octanol–water partition coefficient (Wildman–Crippen LogP) is 1.85. The van der Waals surface area contributed by atoms with Crippen molar-refractivity contribution >= 4 is 33.6 Å². The highest BCUT2D eigenvalue weighted by Gasteiger charge is 2.25. The first-order chi connectivity index (χ1) is 18.1. The molecule has 2 aromatic rings. The van der Waals surface area contributed by atoms with Crippen LogP contribution in [0.2, 0.25) is 0 Å². The van der Waals surface area contributed by atoms with Crippen LogP contribution in [0.15, 0.2) is 59.5 Å². The number of carbonyl (C=O) groups is 3. The molecule has 0 bridgehead atoms. The maximum atomic E-state index is 12.4. The Labute approximate surface area is 223 Å². The lowest BCUT2D eigenvalue weighted by Crippen LogP contribution is -2.48. The zero-order chi connectivity index (χ0) is 28.0. The van der Waals surface area contributed by atoms with Gasteiger partial charge in [-0.05, 0) is 30.7 Å². The summed E-state index contributed by atoms with van der Waals surface area (Å²) in [6.45, 7) is 2.39. The van der Waals surface area contributed by atoms with Crippen molar-refractivity contribution in [3.63, 3.8) is 0 Å². The van der Waals surface area contributed by atoms with Gasteiger partial charge in [-0.3, -0.25) is 19.8 Å². The fourth-order valence-corrected chi connectivity index (χ4v) is 4.60. The molecule has 0 fully saturated rings. The number of hydrogen-bond acceptors (Lipinski definition) is 6. The summed E-state index contributed by atoms with van der Waals surface area (Å²) >= 11 is 0. The molecule has 0 aliphatic heterocycles. The molecule has 0 unspecified atom stereocenters. The largest absolute Gasteiger partial charge is 0.480 e. The van der Waals surface area contributed by atoms with Crippen molar-refractivity contribution in [2.24, 2.45) is 0 Å². The summed E-state index contributed by atoms with van der Waals surface area (Å²) in [6.07, 6.45) is 4.29. The summed E-state index contributed by atoms with van der Waals surface area (Å²) in [4.78, 5) is 35.9. The van der Waals surface area contributed by atoms with Gasteiger partial charge in [0.2, 0.25) is 15.9 Å². The van der Waals surface area contributed by atoms with E-state index in [2.05, 4.69) is 27.6 Å². The van der Waals surface area contributed by atoms with Crippen molar-refractivity contribution < 1.29 is 27.9 Å². The van der Waals surface area contributed by atoms with Crippen LogP contribution in [0.25, 0.3) is 0 Å². The average molecular weight is 546 g/mol. The van der Waals surface area contributed by atoms with Gasteiger partial charge in [0.05, 0.1) is 4.90 Å². The molecule has 0 aliphatic carbocycles. The van der Waals surface area contributed by atoms with E-state index < -0.39 is 40.4 Å². The van der Waals surface area contributed by atoms with E-state index in [1.807, 2.05) is 0 Å². The zero-order valence-corrected chi connectivity index (χ0v) is 22.1. The van der Waals surface area contributed by atoms with Gasteiger partial charge < -0.3 is 21.1 Å². The first kappa shape index (κ1) is 30.5. The van der Waals surface area contributed by atoms with Crippen LogP contribution in [0.5, 0.6) is 0 Å². The smallest absolute Gasteiger partial charge is 0.323 e. The van der Waals surface area contributed by atoms with Crippen molar-refractivity contribution in [3.05, 3.63) is 65.7 Å². The highest BCUT2D eigenvalue weighted by molar-refractivity contribution is 7.89.